The topological polar surface area (TPSA) is 119 Å². The van der Waals surface area contributed by atoms with Gasteiger partial charge in [0, 0.05) is 77.4 Å². The van der Waals surface area contributed by atoms with Gasteiger partial charge in [-0.2, -0.15) is 0 Å². The first kappa shape index (κ1) is 27.6. The van der Waals surface area contributed by atoms with Gasteiger partial charge in [0.1, 0.15) is 0 Å². The molecule has 0 atom stereocenters. The second-order valence-electron chi connectivity index (χ2n) is 11.2. The fraction of sp³-hybridized carbons (Fsp3) is 0.0263. The van der Waals surface area contributed by atoms with Gasteiger partial charge in [0.25, 0.3) is 0 Å². The molecule has 8 heteroatoms. The zero-order valence-corrected chi connectivity index (χ0v) is 24.3. The maximum absolute atomic E-state index is 14.7. The van der Waals surface area contributed by atoms with Gasteiger partial charge in [-0.3, -0.25) is 33.6 Å². The van der Waals surface area contributed by atoms with Crippen molar-refractivity contribution in [3.05, 3.63) is 174 Å². The van der Waals surface area contributed by atoms with E-state index in [2.05, 4.69) is 0 Å². The number of rotatable bonds is 2. The molecular weight excluding hydrogens is 604 g/mol. The van der Waals surface area contributed by atoms with Crippen LogP contribution in [0.15, 0.2) is 131 Å². The molecule has 0 N–H and O–H groups in total. The molecular formula is C38H17ClO7. The smallest absolute Gasteiger partial charge is 0.195 e. The molecule has 0 heterocycles. The van der Waals surface area contributed by atoms with Crippen molar-refractivity contribution in [1.82, 2.24) is 0 Å². The van der Waals surface area contributed by atoms with Gasteiger partial charge in [-0.05, 0) is 24.3 Å². The van der Waals surface area contributed by atoms with Gasteiger partial charge in [0.05, 0.1) is 5.92 Å². The van der Waals surface area contributed by atoms with Crippen molar-refractivity contribution in [3.63, 3.8) is 0 Å². The molecule has 218 valence electrons. The maximum atomic E-state index is 14.7. The number of hydrogen-bond acceptors (Lipinski definition) is 7. The summed E-state index contributed by atoms with van der Waals surface area (Å²) in [6.45, 7) is 0. The summed E-state index contributed by atoms with van der Waals surface area (Å²) in [7, 11) is 0. The minimum absolute atomic E-state index is 0.0307. The summed E-state index contributed by atoms with van der Waals surface area (Å²) in [5.74, 6) is -7.22. The van der Waals surface area contributed by atoms with Crippen LogP contribution in [-0.2, 0) is 0 Å². The predicted octanol–water partition coefficient (Wildman–Crippen LogP) is 6.28. The lowest BCUT2D eigenvalue weighted by Gasteiger charge is -2.28. The molecule has 0 fully saturated rings. The van der Waals surface area contributed by atoms with Crippen molar-refractivity contribution in [3.8, 4) is 0 Å². The van der Waals surface area contributed by atoms with E-state index >= 15 is 0 Å². The Morgan fingerprint density at radius 1 is 0.413 bits per heavy atom. The van der Waals surface area contributed by atoms with Crippen molar-refractivity contribution >= 4 is 52.1 Å². The lowest BCUT2D eigenvalue weighted by atomic mass is 9.70. The Kier molecular flexibility index (Phi) is 5.88. The van der Waals surface area contributed by atoms with Crippen molar-refractivity contribution in [2.24, 2.45) is 5.92 Å². The van der Waals surface area contributed by atoms with Crippen molar-refractivity contribution in [2.45, 2.75) is 0 Å². The molecule has 0 unspecified atom stereocenters. The van der Waals surface area contributed by atoms with Gasteiger partial charge in [-0.25, -0.2) is 0 Å². The molecule has 4 aliphatic carbocycles. The third-order valence-electron chi connectivity index (χ3n) is 8.90. The molecule has 0 saturated heterocycles. The summed E-state index contributed by atoms with van der Waals surface area (Å²) in [5.41, 5.74) is -2.86. The number of carbonyl (C=O) groups excluding carboxylic acids is 7. The normalized spacial score (nSPS) is 17.2. The van der Waals surface area contributed by atoms with Crippen molar-refractivity contribution in [2.75, 3.05) is 0 Å². The molecule has 4 aromatic rings. The quantitative estimate of drug-likeness (QED) is 0.242. The highest BCUT2D eigenvalue weighted by Gasteiger charge is 2.53. The number of Topliss-reactive ketones (excluding diaryl/α,β-unsaturated/α-hetero) is 7. The van der Waals surface area contributed by atoms with E-state index in [0.717, 1.165) is 0 Å². The van der Waals surface area contributed by atoms with E-state index in [1.807, 2.05) is 0 Å². The van der Waals surface area contributed by atoms with Crippen molar-refractivity contribution in [1.29, 1.82) is 0 Å². The molecule has 4 aromatic carbocycles. The molecule has 4 aliphatic rings. The van der Waals surface area contributed by atoms with Crippen LogP contribution in [0.5, 0.6) is 0 Å². The number of hydrogen-bond donors (Lipinski definition) is 0. The summed E-state index contributed by atoms with van der Waals surface area (Å²) in [5, 5.41) is 0.319. The number of fused-ring (bicyclic) bond motifs is 5. The Labute approximate surface area is 265 Å². The zero-order chi connectivity index (χ0) is 32.0. The highest BCUT2D eigenvalue weighted by atomic mass is 35.5. The molecule has 0 aliphatic heterocycles. The molecule has 0 bridgehead atoms. The average Bonchev–Trinajstić information content (AvgIpc) is 3.22. The fourth-order valence-corrected chi connectivity index (χ4v) is 7.00. The number of benzene rings is 4. The van der Waals surface area contributed by atoms with E-state index in [0.29, 0.717) is 5.02 Å². The highest BCUT2D eigenvalue weighted by molar-refractivity contribution is 6.43. The Morgan fingerprint density at radius 3 is 1.07 bits per heavy atom. The minimum Gasteiger partial charge on any atom is -0.293 e. The lowest BCUT2D eigenvalue weighted by Crippen LogP contribution is -2.35. The Morgan fingerprint density at radius 2 is 0.717 bits per heavy atom. The predicted molar refractivity (Wildman–Crippen MR) is 166 cm³/mol. The SMILES string of the molecule is O=C1C2=C(C(=O)c3ccccc31)C1=C(C(=O)c3ccccc3C1=O)C(C(=O)c1ccc(Cl)cc1)C1=C2C(=O)c2ccccc2C1=O. The van der Waals surface area contributed by atoms with Crippen LogP contribution in [-0.4, -0.2) is 40.5 Å². The van der Waals surface area contributed by atoms with Gasteiger partial charge < -0.3 is 0 Å². The summed E-state index contributed by atoms with van der Waals surface area (Å²) >= 11 is 6.10. The summed E-state index contributed by atoms with van der Waals surface area (Å²) < 4.78 is 0. The van der Waals surface area contributed by atoms with E-state index in [9.17, 15) is 33.6 Å². The largest absolute Gasteiger partial charge is 0.293 e. The summed E-state index contributed by atoms with van der Waals surface area (Å²) in [4.78, 5) is 102. The Hall–Kier alpha value is -5.92. The second-order valence-corrected chi connectivity index (χ2v) is 11.7. The molecule has 0 amide bonds. The van der Waals surface area contributed by atoms with Crippen LogP contribution in [0.4, 0.5) is 0 Å². The van der Waals surface area contributed by atoms with Crippen molar-refractivity contribution < 1.29 is 33.6 Å². The number of ketones is 7. The summed E-state index contributed by atoms with van der Waals surface area (Å²) in [6, 6.07) is 23.5. The molecule has 46 heavy (non-hydrogen) atoms. The zero-order valence-electron chi connectivity index (χ0n) is 23.6. The molecule has 8 rings (SSSR count). The van der Waals surface area contributed by atoms with E-state index < -0.39 is 79.8 Å². The van der Waals surface area contributed by atoms with Gasteiger partial charge in [0.15, 0.2) is 40.5 Å². The van der Waals surface area contributed by atoms with Crippen LogP contribution >= 0.6 is 11.6 Å². The first-order valence-electron chi connectivity index (χ1n) is 14.3. The van der Waals surface area contributed by atoms with Gasteiger partial charge in [0.2, 0.25) is 0 Å². The van der Waals surface area contributed by atoms with Crippen LogP contribution in [0.1, 0.15) is 72.5 Å². The number of allylic oxidation sites excluding steroid dienone is 6. The molecule has 0 radical (unpaired) electrons. The first-order valence-corrected chi connectivity index (χ1v) is 14.7. The third kappa shape index (κ3) is 3.57. The monoisotopic (exact) mass is 620 g/mol. The van der Waals surface area contributed by atoms with Crippen LogP contribution in [0, 0.1) is 5.92 Å². The van der Waals surface area contributed by atoms with Crippen LogP contribution < -0.4 is 0 Å². The van der Waals surface area contributed by atoms with Gasteiger partial charge >= 0.3 is 0 Å². The number of carbonyl (C=O) groups is 7. The molecule has 0 aromatic heterocycles. The highest BCUT2D eigenvalue weighted by Crippen LogP contribution is 2.49. The van der Waals surface area contributed by atoms with E-state index in [1.165, 1.54) is 60.7 Å². The minimum atomic E-state index is -1.81. The number of halogens is 1. The van der Waals surface area contributed by atoms with E-state index in [4.69, 9.17) is 11.6 Å². The lowest BCUT2D eigenvalue weighted by molar-refractivity contribution is 0.0884. The maximum Gasteiger partial charge on any atom is 0.195 e. The fourth-order valence-electron chi connectivity index (χ4n) is 6.88. The van der Waals surface area contributed by atoms with Crippen LogP contribution in [0.2, 0.25) is 5.02 Å². The van der Waals surface area contributed by atoms with Crippen LogP contribution in [0.3, 0.4) is 0 Å². The van der Waals surface area contributed by atoms with E-state index in [-0.39, 0.29) is 38.9 Å². The average molecular weight is 621 g/mol. The standard InChI is InChI=1S/C38H17ClO7/c39-18-15-13-17(14-16-18)32(40)25-26-28(35(43)21-9-3-1-7-19(21)33(26)41)30-31(38(46)24-12-6-5-11-23(24)37(30)45)29-27(25)34(42)20-8-2-4-10-22(20)36(29)44/h1-16,25H. The van der Waals surface area contributed by atoms with Gasteiger partial charge in [-0.15, -0.1) is 0 Å². The summed E-state index contributed by atoms with van der Waals surface area (Å²) in [6.07, 6.45) is 0. The first-order chi connectivity index (χ1) is 22.2. The van der Waals surface area contributed by atoms with Gasteiger partial charge in [-0.1, -0.05) is 84.4 Å². The molecule has 7 nitrogen and oxygen atoms in total. The van der Waals surface area contributed by atoms with E-state index in [1.54, 1.807) is 36.4 Å². The Bertz CT molecular complexity index is 2200. The molecule has 0 saturated carbocycles. The Balaban J connectivity index is 1.56. The van der Waals surface area contributed by atoms with Crippen LogP contribution in [0.25, 0.3) is 0 Å². The third-order valence-corrected chi connectivity index (χ3v) is 9.16. The second kappa shape index (κ2) is 9.79. The molecule has 0 spiro atoms.